The molecular weight excluding hydrogens is 282 g/mol. The van der Waals surface area contributed by atoms with Gasteiger partial charge in [0.05, 0.1) is 12.7 Å². The lowest BCUT2D eigenvalue weighted by Crippen LogP contribution is -2.27. The van der Waals surface area contributed by atoms with E-state index in [0.29, 0.717) is 23.9 Å². The molecule has 0 unspecified atom stereocenters. The van der Waals surface area contributed by atoms with Crippen LogP contribution in [0.5, 0.6) is 5.75 Å². The number of hydrogen-bond donors (Lipinski definition) is 2. The van der Waals surface area contributed by atoms with E-state index in [0.717, 1.165) is 6.42 Å². The zero-order valence-corrected chi connectivity index (χ0v) is 12.2. The number of amides is 1. The number of nitrogens with zero attached hydrogens (tertiary/aromatic N) is 1. The van der Waals surface area contributed by atoms with Crippen molar-refractivity contribution in [2.75, 3.05) is 13.7 Å². The molecule has 0 radical (unpaired) electrons. The first kappa shape index (κ1) is 14.3. The molecule has 2 atom stereocenters. The van der Waals surface area contributed by atoms with E-state index in [1.807, 2.05) is 12.3 Å². The molecule has 1 amide bonds. The Kier molecular flexibility index (Phi) is 3.91. The molecule has 114 valence electrons. The number of nitrogens with one attached hydrogen (secondary N) is 2. The molecule has 0 aliphatic heterocycles. The number of hydrogen-bond acceptors (Lipinski definition) is 4. The molecule has 1 fully saturated rings. The first-order valence-electron chi connectivity index (χ1n) is 7.14. The molecule has 6 nitrogen and oxygen atoms in total. The van der Waals surface area contributed by atoms with Gasteiger partial charge in [-0.2, -0.15) is 0 Å². The SMILES string of the molecule is COc1cc(=O)[nH]cc1C(=O)NC[C@@H]1C[C@H]1c1cccnc1. The lowest BCUT2D eigenvalue weighted by molar-refractivity contribution is 0.0948. The van der Waals surface area contributed by atoms with Gasteiger partial charge in [-0.3, -0.25) is 14.6 Å². The number of methoxy groups -OCH3 is 1. The van der Waals surface area contributed by atoms with E-state index in [1.165, 1.54) is 24.9 Å². The maximum atomic E-state index is 12.2. The van der Waals surface area contributed by atoms with Gasteiger partial charge in [0.25, 0.3) is 11.5 Å². The van der Waals surface area contributed by atoms with Gasteiger partial charge >= 0.3 is 0 Å². The smallest absolute Gasteiger partial charge is 0.256 e. The van der Waals surface area contributed by atoms with Gasteiger partial charge in [0, 0.05) is 31.2 Å². The highest BCUT2D eigenvalue weighted by atomic mass is 16.5. The third-order valence-corrected chi connectivity index (χ3v) is 3.91. The Balaban J connectivity index is 1.59. The van der Waals surface area contributed by atoms with Crippen molar-refractivity contribution in [3.8, 4) is 5.75 Å². The van der Waals surface area contributed by atoms with Gasteiger partial charge in [-0.25, -0.2) is 0 Å². The number of aromatic nitrogens is 2. The molecule has 0 aromatic carbocycles. The van der Waals surface area contributed by atoms with Gasteiger partial charge in [0.2, 0.25) is 0 Å². The fourth-order valence-electron chi connectivity index (χ4n) is 2.59. The average Bonchev–Trinajstić information content (AvgIpc) is 3.33. The zero-order valence-electron chi connectivity index (χ0n) is 12.2. The molecule has 0 saturated heterocycles. The minimum absolute atomic E-state index is 0.245. The van der Waals surface area contributed by atoms with E-state index in [2.05, 4.69) is 21.4 Å². The second-order valence-corrected chi connectivity index (χ2v) is 5.38. The summed E-state index contributed by atoms with van der Waals surface area (Å²) in [7, 11) is 1.44. The fraction of sp³-hybridized carbons (Fsp3) is 0.312. The summed E-state index contributed by atoms with van der Waals surface area (Å²) in [5, 5.41) is 2.89. The number of carbonyl (C=O) groups is 1. The largest absolute Gasteiger partial charge is 0.496 e. The van der Waals surface area contributed by atoms with Crippen LogP contribution in [-0.2, 0) is 0 Å². The summed E-state index contributed by atoms with van der Waals surface area (Å²) in [6.07, 6.45) is 6.05. The van der Waals surface area contributed by atoms with Crippen molar-refractivity contribution in [2.45, 2.75) is 12.3 Å². The number of ether oxygens (including phenoxy) is 1. The number of pyridine rings is 2. The Morgan fingerprint density at radius 1 is 1.55 bits per heavy atom. The van der Waals surface area contributed by atoms with Crippen LogP contribution < -0.4 is 15.6 Å². The molecule has 1 aliphatic carbocycles. The first-order chi connectivity index (χ1) is 10.7. The molecule has 2 aromatic rings. The van der Waals surface area contributed by atoms with E-state index < -0.39 is 0 Å². The second-order valence-electron chi connectivity index (χ2n) is 5.38. The van der Waals surface area contributed by atoms with Crippen molar-refractivity contribution < 1.29 is 9.53 Å². The maximum Gasteiger partial charge on any atom is 0.256 e. The van der Waals surface area contributed by atoms with Crippen LogP contribution in [0, 0.1) is 5.92 Å². The summed E-state index contributed by atoms with van der Waals surface area (Å²) in [6.45, 7) is 0.598. The van der Waals surface area contributed by atoms with Crippen molar-refractivity contribution >= 4 is 5.91 Å². The van der Waals surface area contributed by atoms with Crippen molar-refractivity contribution in [1.82, 2.24) is 15.3 Å². The molecule has 1 saturated carbocycles. The van der Waals surface area contributed by atoms with Crippen LogP contribution in [0.4, 0.5) is 0 Å². The van der Waals surface area contributed by atoms with E-state index in [4.69, 9.17) is 4.74 Å². The molecule has 1 aliphatic rings. The Bertz CT molecular complexity index is 727. The lowest BCUT2D eigenvalue weighted by atomic mass is 10.1. The molecule has 22 heavy (non-hydrogen) atoms. The minimum atomic E-state index is -0.299. The summed E-state index contributed by atoms with van der Waals surface area (Å²) in [4.78, 5) is 30.0. The summed E-state index contributed by atoms with van der Waals surface area (Å²) in [6, 6.07) is 5.25. The van der Waals surface area contributed by atoms with Crippen molar-refractivity contribution in [1.29, 1.82) is 0 Å². The van der Waals surface area contributed by atoms with Crippen molar-refractivity contribution in [2.24, 2.45) is 5.92 Å². The van der Waals surface area contributed by atoms with Crippen LogP contribution in [-0.4, -0.2) is 29.5 Å². The second kappa shape index (κ2) is 6.01. The summed E-state index contributed by atoms with van der Waals surface area (Å²) in [5.41, 5.74) is 1.25. The zero-order chi connectivity index (χ0) is 15.5. The van der Waals surface area contributed by atoms with Gasteiger partial charge in [-0.15, -0.1) is 0 Å². The fourth-order valence-corrected chi connectivity index (χ4v) is 2.59. The molecule has 0 spiro atoms. The highest BCUT2D eigenvalue weighted by molar-refractivity contribution is 5.96. The monoisotopic (exact) mass is 299 g/mol. The van der Waals surface area contributed by atoms with Gasteiger partial charge in [0.1, 0.15) is 5.75 Å². The van der Waals surface area contributed by atoms with Gasteiger partial charge in [-0.1, -0.05) is 6.07 Å². The standard InChI is InChI=1S/C16H17N3O3/c1-22-14-6-15(20)18-9-13(14)16(21)19-8-11-5-12(11)10-3-2-4-17-7-10/h2-4,6-7,9,11-12H,5,8H2,1H3,(H,18,20)(H,19,21)/t11-,12-/m0/s1. The van der Waals surface area contributed by atoms with E-state index in [1.54, 1.807) is 6.20 Å². The maximum absolute atomic E-state index is 12.2. The van der Waals surface area contributed by atoms with Gasteiger partial charge in [0.15, 0.2) is 0 Å². The van der Waals surface area contributed by atoms with Crippen LogP contribution in [0.1, 0.15) is 28.3 Å². The molecular formula is C16H17N3O3. The number of carbonyl (C=O) groups excluding carboxylic acids is 1. The molecule has 2 aromatic heterocycles. The quantitative estimate of drug-likeness (QED) is 0.872. The van der Waals surface area contributed by atoms with E-state index >= 15 is 0 Å². The van der Waals surface area contributed by atoms with Crippen LogP contribution in [0.15, 0.2) is 41.6 Å². The third-order valence-electron chi connectivity index (χ3n) is 3.91. The van der Waals surface area contributed by atoms with Crippen LogP contribution >= 0.6 is 0 Å². The normalized spacial score (nSPS) is 19.5. The predicted molar refractivity (Wildman–Crippen MR) is 81.0 cm³/mol. The van der Waals surface area contributed by atoms with Gasteiger partial charge < -0.3 is 15.0 Å². The number of H-pyrrole nitrogens is 1. The lowest BCUT2D eigenvalue weighted by Gasteiger charge is -2.08. The highest BCUT2D eigenvalue weighted by Gasteiger charge is 2.38. The average molecular weight is 299 g/mol. The third kappa shape index (κ3) is 3.00. The molecule has 2 N–H and O–H groups in total. The Morgan fingerprint density at radius 3 is 3.14 bits per heavy atom. The molecule has 3 rings (SSSR count). The summed E-state index contributed by atoms with van der Waals surface area (Å²) in [5.74, 6) is 0.930. The molecule has 6 heteroatoms. The van der Waals surface area contributed by atoms with Crippen LogP contribution in [0.2, 0.25) is 0 Å². The highest BCUT2D eigenvalue weighted by Crippen LogP contribution is 2.46. The van der Waals surface area contributed by atoms with E-state index in [9.17, 15) is 9.59 Å². The van der Waals surface area contributed by atoms with E-state index in [-0.39, 0.29) is 17.2 Å². The minimum Gasteiger partial charge on any atom is -0.496 e. The number of aromatic amines is 1. The summed E-state index contributed by atoms with van der Waals surface area (Å²) < 4.78 is 5.07. The Labute approximate surface area is 127 Å². The van der Waals surface area contributed by atoms with Crippen molar-refractivity contribution in [3.05, 3.63) is 58.3 Å². The van der Waals surface area contributed by atoms with Gasteiger partial charge in [-0.05, 0) is 29.9 Å². The molecule has 0 bridgehead atoms. The predicted octanol–water partition coefficient (Wildman–Crippen LogP) is 1.31. The number of rotatable bonds is 5. The van der Waals surface area contributed by atoms with Crippen LogP contribution in [0.25, 0.3) is 0 Å². The topological polar surface area (TPSA) is 84.1 Å². The Hall–Kier alpha value is -2.63. The van der Waals surface area contributed by atoms with Crippen LogP contribution in [0.3, 0.4) is 0 Å². The first-order valence-corrected chi connectivity index (χ1v) is 7.14. The van der Waals surface area contributed by atoms with Crippen molar-refractivity contribution in [3.63, 3.8) is 0 Å². The summed E-state index contributed by atoms with van der Waals surface area (Å²) >= 11 is 0. The molecule has 2 heterocycles. The Morgan fingerprint density at radius 2 is 2.41 bits per heavy atom.